The van der Waals surface area contributed by atoms with E-state index < -0.39 is 0 Å². The molecule has 0 aliphatic carbocycles. The fraction of sp³-hybridized carbons (Fsp3) is 0.526. The van der Waals surface area contributed by atoms with Crippen molar-refractivity contribution in [3.63, 3.8) is 0 Å². The van der Waals surface area contributed by atoms with Gasteiger partial charge in [0.25, 0.3) is 5.91 Å². The first kappa shape index (κ1) is 16.1. The van der Waals surface area contributed by atoms with Crippen molar-refractivity contribution in [2.24, 2.45) is 5.92 Å². The lowest BCUT2D eigenvalue weighted by Gasteiger charge is -2.33. The highest BCUT2D eigenvalue weighted by Crippen LogP contribution is 2.33. The molecule has 128 valence electrons. The molecule has 24 heavy (non-hydrogen) atoms. The van der Waals surface area contributed by atoms with E-state index in [1.807, 2.05) is 12.1 Å². The average Bonchev–Trinajstić information content (AvgIpc) is 3.16. The number of nitrogens with zero attached hydrogens (tertiary/aromatic N) is 2. The molecule has 3 heterocycles. The van der Waals surface area contributed by atoms with Gasteiger partial charge in [-0.25, -0.2) is 0 Å². The highest BCUT2D eigenvalue weighted by molar-refractivity contribution is 7.21. The molecule has 1 aromatic carbocycles. The Balaban J connectivity index is 1.55. The molecule has 0 saturated carbocycles. The summed E-state index contributed by atoms with van der Waals surface area (Å²) in [5, 5.41) is 1.21. The molecule has 1 amide bonds. The zero-order valence-electron chi connectivity index (χ0n) is 14.3. The molecule has 2 aliphatic heterocycles. The summed E-state index contributed by atoms with van der Waals surface area (Å²) in [6, 6.07) is 8.77. The van der Waals surface area contributed by atoms with E-state index in [1.54, 1.807) is 11.3 Å². The van der Waals surface area contributed by atoms with Crippen molar-refractivity contribution in [1.29, 1.82) is 0 Å². The van der Waals surface area contributed by atoms with Crippen LogP contribution in [0.1, 0.15) is 22.2 Å². The number of amides is 1. The van der Waals surface area contributed by atoms with Gasteiger partial charge in [0.2, 0.25) is 0 Å². The monoisotopic (exact) mass is 344 g/mol. The number of aryl methyl sites for hydroxylation is 1. The smallest absolute Gasteiger partial charge is 0.264 e. The van der Waals surface area contributed by atoms with E-state index in [0.717, 1.165) is 49.8 Å². The third-order valence-corrected chi connectivity index (χ3v) is 6.67. The number of rotatable bonds is 2. The molecular weight excluding hydrogens is 320 g/mol. The number of benzene rings is 1. The lowest BCUT2D eigenvalue weighted by atomic mass is 10.0. The quantitative estimate of drug-likeness (QED) is 0.840. The van der Waals surface area contributed by atoms with Gasteiger partial charge in [0, 0.05) is 36.9 Å². The first-order valence-corrected chi connectivity index (χ1v) is 9.56. The molecule has 2 aromatic rings. The molecule has 0 bridgehead atoms. The number of likely N-dealkylation sites (tertiary alicyclic amines) is 1. The van der Waals surface area contributed by atoms with Gasteiger partial charge in [0.1, 0.15) is 0 Å². The highest BCUT2D eigenvalue weighted by Gasteiger charge is 2.37. The van der Waals surface area contributed by atoms with Crippen LogP contribution in [0, 0.1) is 12.8 Å². The van der Waals surface area contributed by atoms with Crippen molar-refractivity contribution in [3.05, 3.63) is 34.7 Å². The van der Waals surface area contributed by atoms with Crippen molar-refractivity contribution < 1.29 is 9.53 Å². The molecule has 5 heteroatoms. The van der Waals surface area contributed by atoms with Crippen molar-refractivity contribution in [1.82, 2.24) is 9.80 Å². The Hall–Kier alpha value is -1.43. The number of carbonyl (C=O) groups excluding carboxylic acids is 1. The Morgan fingerprint density at radius 1 is 1.21 bits per heavy atom. The minimum atomic E-state index is 0.205. The van der Waals surface area contributed by atoms with Gasteiger partial charge in [0.15, 0.2) is 0 Å². The minimum absolute atomic E-state index is 0.205. The summed E-state index contributed by atoms with van der Waals surface area (Å²) in [6.07, 6.45) is 0. The molecule has 0 radical (unpaired) electrons. The molecule has 4 rings (SSSR count). The van der Waals surface area contributed by atoms with Gasteiger partial charge in [-0.15, -0.1) is 11.3 Å². The third kappa shape index (κ3) is 2.75. The van der Waals surface area contributed by atoms with Crippen molar-refractivity contribution in [2.45, 2.75) is 19.9 Å². The number of morpholine rings is 1. The molecule has 1 aromatic heterocycles. The number of thiophene rings is 1. The Bertz CT molecular complexity index is 751. The molecular formula is C19H24N2O2S. The van der Waals surface area contributed by atoms with Crippen LogP contribution < -0.4 is 0 Å². The third-order valence-electron chi connectivity index (χ3n) is 5.41. The molecule has 2 fully saturated rings. The Labute approximate surface area is 147 Å². The molecule has 0 spiro atoms. The van der Waals surface area contributed by atoms with E-state index in [4.69, 9.17) is 4.74 Å². The summed E-state index contributed by atoms with van der Waals surface area (Å²) in [4.78, 5) is 18.6. The Kier molecular flexibility index (Phi) is 4.33. The number of hydrogen-bond acceptors (Lipinski definition) is 4. The van der Waals surface area contributed by atoms with E-state index in [0.29, 0.717) is 12.0 Å². The number of ether oxygens (including phenoxy) is 1. The molecule has 0 unspecified atom stereocenters. The zero-order chi connectivity index (χ0) is 16.7. The second kappa shape index (κ2) is 6.47. The number of carbonyl (C=O) groups is 1. The van der Waals surface area contributed by atoms with Gasteiger partial charge in [-0.3, -0.25) is 9.69 Å². The fourth-order valence-electron chi connectivity index (χ4n) is 4.02. The van der Waals surface area contributed by atoms with Gasteiger partial charge in [-0.2, -0.15) is 0 Å². The van der Waals surface area contributed by atoms with Crippen LogP contribution in [0.4, 0.5) is 0 Å². The van der Waals surface area contributed by atoms with E-state index in [1.165, 1.54) is 10.1 Å². The topological polar surface area (TPSA) is 32.8 Å². The summed E-state index contributed by atoms with van der Waals surface area (Å²) in [5.74, 6) is 0.720. The summed E-state index contributed by atoms with van der Waals surface area (Å²) >= 11 is 1.63. The molecule has 2 atom stereocenters. The van der Waals surface area contributed by atoms with Crippen molar-refractivity contribution in [2.75, 3.05) is 39.4 Å². The van der Waals surface area contributed by atoms with Gasteiger partial charge in [0.05, 0.1) is 18.1 Å². The van der Waals surface area contributed by atoms with Crippen LogP contribution in [0.2, 0.25) is 0 Å². The van der Waals surface area contributed by atoms with Crippen LogP contribution in [-0.4, -0.2) is 61.1 Å². The minimum Gasteiger partial charge on any atom is -0.379 e. The summed E-state index contributed by atoms with van der Waals surface area (Å²) in [6.45, 7) is 9.63. The standard InChI is InChI=1S/C19H24N2O2S/c1-13-11-21(12-16(13)20-7-9-23-10-8-20)19(22)18-14(2)15-5-3-4-6-17(15)24-18/h3-6,13,16H,7-12H2,1-2H3/t13-,16-/m1/s1. The normalized spacial score (nSPS) is 25.5. The van der Waals surface area contributed by atoms with Gasteiger partial charge in [-0.1, -0.05) is 25.1 Å². The van der Waals surface area contributed by atoms with E-state index in [2.05, 4.69) is 35.8 Å². The first-order valence-electron chi connectivity index (χ1n) is 8.74. The van der Waals surface area contributed by atoms with E-state index >= 15 is 0 Å². The van der Waals surface area contributed by atoms with Crippen LogP contribution >= 0.6 is 11.3 Å². The van der Waals surface area contributed by atoms with Crippen molar-refractivity contribution >= 4 is 27.3 Å². The maximum atomic E-state index is 13.1. The lowest BCUT2D eigenvalue weighted by Crippen LogP contribution is -2.47. The Morgan fingerprint density at radius 2 is 1.96 bits per heavy atom. The molecule has 2 saturated heterocycles. The first-order chi connectivity index (χ1) is 11.6. The Morgan fingerprint density at radius 3 is 2.71 bits per heavy atom. The number of fused-ring (bicyclic) bond motifs is 1. The second-order valence-corrected chi connectivity index (χ2v) is 8.01. The molecule has 0 N–H and O–H groups in total. The molecule has 2 aliphatic rings. The number of hydrogen-bond donors (Lipinski definition) is 0. The fourth-order valence-corrected chi connectivity index (χ4v) is 5.20. The van der Waals surface area contributed by atoms with Gasteiger partial charge in [-0.05, 0) is 29.9 Å². The predicted molar refractivity (Wildman–Crippen MR) is 97.8 cm³/mol. The largest absolute Gasteiger partial charge is 0.379 e. The summed E-state index contributed by atoms with van der Waals surface area (Å²) in [5.41, 5.74) is 1.13. The average molecular weight is 344 g/mol. The summed E-state index contributed by atoms with van der Waals surface area (Å²) in [7, 11) is 0. The van der Waals surface area contributed by atoms with Crippen LogP contribution in [0.5, 0.6) is 0 Å². The second-order valence-electron chi connectivity index (χ2n) is 6.96. The van der Waals surface area contributed by atoms with Crippen LogP contribution in [0.25, 0.3) is 10.1 Å². The predicted octanol–water partition coefficient (Wildman–Crippen LogP) is 3.00. The van der Waals surface area contributed by atoms with Crippen LogP contribution in [-0.2, 0) is 4.74 Å². The molecule has 4 nitrogen and oxygen atoms in total. The van der Waals surface area contributed by atoms with Crippen LogP contribution in [0.3, 0.4) is 0 Å². The van der Waals surface area contributed by atoms with E-state index in [-0.39, 0.29) is 5.91 Å². The zero-order valence-corrected chi connectivity index (χ0v) is 15.1. The van der Waals surface area contributed by atoms with E-state index in [9.17, 15) is 4.79 Å². The maximum absolute atomic E-state index is 13.1. The SMILES string of the molecule is Cc1c(C(=O)N2C[C@@H](C)[C@H](N3CCOCC3)C2)sc2ccccc12. The van der Waals surface area contributed by atoms with Crippen molar-refractivity contribution in [3.8, 4) is 0 Å². The van der Waals surface area contributed by atoms with Gasteiger partial charge >= 0.3 is 0 Å². The highest BCUT2D eigenvalue weighted by atomic mass is 32.1. The summed E-state index contributed by atoms with van der Waals surface area (Å²) < 4.78 is 6.67. The van der Waals surface area contributed by atoms with Gasteiger partial charge < -0.3 is 9.64 Å². The van der Waals surface area contributed by atoms with Crippen LogP contribution in [0.15, 0.2) is 24.3 Å². The maximum Gasteiger partial charge on any atom is 0.264 e. The lowest BCUT2D eigenvalue weighted by molar-refractivity contribution is 0.0119.